The largest absolute Gasteiger partial charge is 0.353 e. The standard InChI is InChI=1S/C17H31NO.C8H7FN2O2.C6H12S/c1-4-17(3)11-9-14(10-12-17)16(19)18-15-7-5-13(2)6-8-15;1-5-7(8(13)11-4-12)2-6(9)3-10-5;1-6-2-4-7-5-3-6/h13-15H,4-12H2,1-3H3,(H,18,19);2-4H,1H3,(H,11,12,13);6H,2-5H2,1H3. The van der Waals surface area contributed by atoms with Gasteiger partial charge in [0.25, 0.3) is 5.91 Å². The van der Waals surface area contributed by atoms with Crippen LogP contribution >= 0.6 is 11.8 Å². The van der Waals surface area contributed by atoms with E-state index in [2.05, 4.69) is 49.8 Å². The minimum absolute atomic E-state index is 0.0621. The number of imide groups is 1. The first-order valence-corrected chi connectivity index (χ1v) is 16.0. The Morgan fingerprint density at radius 1 is 1.05 bits per heavy atom. The van der Waals surface area contributed by atoms with Gasteiger partial charge in [0.05, 0.1) is 17.5 Å². The molecule has 2 aliphatic carbocycles. The molecule has 8 heteroatoms. The van der Waals surface area contributed by atoms with Crippen LogP contribution in [0.3, 0.4) is 0 Å². The molecule has 2 N–H and O–H groups in total. The van der Waals surface area contributed by atoms with E-state index >= 15 is 0 Å². The highest BCUT2D eigenvalue weighted by Crippen LogP contribution is 2.41. The van der Waals surface area contributed by atoms with Gasteiger partial charge >= 0.3 is 0 Å². The topological polar surface area (TPSA) is 88.2 Å². The Bertz CT molecular complexity index is 906. The summed E-state index contributed by atoms with van der Waals surface area (Å²) in [5.74, 6) is 4.05. The minimum Gasteiger partial charge on any atom is -0.353 e. The van der Waals surface area contributed by atoms with Crippen molar-refractivity contribution in [2.24, 2.45) is 23.2 Å². The Labute approximate surface area is 239 Å². The maximum Gasteiger partial charge on any atom is 0.259 e. The fourth-order valence-corrected chi connectivity index (χ4v) is 6.68. The summed E-state index contributed by atoms with van der Waals surface area (Å²) in [5.41, 5.74) is 0.935. The van der Waals surface area contributed by atoms with Crippen LogP contribution in [0.25, 0.3) is 0 Å². The molecule has 2 heterocycles. The van der Waals surface area contributed by atoms with Crippen LogP contribution in [-0.2, 0) is 9.59 Å². The Hall–Kier alpha value is -1.96. The molecule has 0 unspecified atom stereocenters. The molecule has 0 bridgehead atoms. The van der Waals surface area contributed by atoms with Crippen LogP contribution in [0.4, 0.5) is 4.39 Å². The van der Waals surface area contributed by atoms with E-state index in [4.69, 9.17) is 0 Å². The van der Waals surface area contributed by atoms with Crippen molar-refractivity contribution in [1.82, 2.24) is 15.6 Å². The van der Waals surface area contributed by atoms with Crippen LogP contribution in [-0.4, -0.2) is 40.8 Å². The summed E-state index contributed by atoms with van der Waals surface area (Å²) in [5, 5.41) is 5.22. The van der Waals surface area contributed by atoms with Gasteiger partial charge in [0.15, 0.2) is 0 Å². The molecule has 3 aliphatic rings. The quantitative estimate of drug-likeness (QED) is 0.383. The molecule has 1 saturated heterocycles. The number of amides is 3. The summed E-state index contributed by atoms with van der Waals surface area (Å²) >= 11 is 2.10. The van der Waals surface area contributed by atoms with E-state index in [1.54, 1.807) is 6.92 Å². The van der Waals surface area contributed by atoms with Gasteiger partial charge in [-0.2, -0.15) is 11.8 Å². The van der Waals surface area contributed by atoms with Crippen LogP contribution in [0.1, 0.15) is 114 Å². The zero-order valence-corrected chi connectivity index (χ0v) is 25.5. The van der Waals surface area contributed by atoms with Gasteiger partial charge in [0.2, 0.25) is 12.3 Å². The van der Waals surface area contributed by atoms with E-state index in [1.165, 1.54) is 69.3 Å². The van der Waals surface area contributed by atoms with Crippen LogP contribution in [0.15, 0.2) is 12.3 Å². The molecule has 3 fully saturated rings. The summed E-state index contributed by atoms with van der Waals surface area (Å²) in [7, 11) is 0. The number of carbonyl (C=O) groups is 3. The zero-order chi connectivity index (χ0) is 28.8. The number of pyridine rings is 1. The second kappa shape index (κ2) is 17.0. The number of carbonyl (C=O) groups excluding carboxylic acids is 3. The van der Waals surface area contributed by atoms with Crippen molar-refractivity contribution in [2.45, 2.75) is 111 Å². The van der Waals surface area contributed by atoms with E-state index in [0.29, 0.717) is 29.0 Å². The molecule has 1 aromatic rings. The Balaban J connectivity index is 0.000000229. The fourth-order valence-electron chi connectivity index (χ4n) is 5.34. The number of hydrogen-bond acceptors (Lipinski definition) is 5. The molecule has 1 aliphatic heterocycles. The molecule has 0 radical (unpaired) electrons. The van der Waals surface area contributed by atoms with Gasteiger partial charge < -0.3 is 5.32 Å². The highest BCUT2D eigenvalue weighted by Gasteiger charge is 2.33. The van der Waals surface area contributed by atoms with Crippen molar-refractivity contribution in [1.29, 1.82) is 0 Å². The molecular weight excluding hydrogens is 513 g/mol. The van der Waals surface area contributed by atoms with E-state index in [9.17, 15) is 18.8 Å². The van der Waals surface area contributed by atoms with Crippen LogP contribution in [0.2, 0.25) is 0 Å². The van der Waals surface area contributed by atoms with Crippen molar-refractivity contribution in [2.75, 3.05) is 11.5 Å². The number of halogens is 1. The maximum absolute atomic E-state index is 12.6. The predicted octanol–water partition coefficient (Wildman–Crippen LogP) is 6.85. The molecule has 6 nitrogen and oxygen atoms in total. The minimum atomic E-state index is -0.653. The third-order valence-electron chi connectivity index (χ3n) is 8.78. The lowest BCUT2D eigenvalue weighted by atomic mass is 9.70. The lowest BCUT2D eigenvalue weighted by molar-refractivity contribution is -0.127. The Morgan fingerprint density at radius 2 is 1.64 bits per heavy atom. The number of hydrogen-bond donors (Lipinski definition) is 2. The maximum atomic E-state index is 12.6. The summed E-state index contributed by atoms with van der Waals surface area (Å²) < 4.78 is 12.6. The van der Waals surface area contributed by atoms with E-state index in [-0.39, 0.29) is 12.0 Å². The number of rotatable bonds is 5. The van der Waals surface area contributed by atoms with Crippen molar-refractivity contribution in [3.63, 3.8) is 0 Å². The first-order valence-electron chi connectivity index (χ1n) is 14.8. The van der Waals surface area contributed by atoms with E-state index in [0.717, 1.165) is 36.9 Å². The van der Waals surface area contributed by atoms with E-state index < -0.39 is 11.7 Å². The lowest BCUT2D eigenvalue weighted by Crippen LogP contribution is -2.42. The van der Waals surface area contributed by atoms with Gasteiger partial charge in [-0.1, -0.05) is 34.1 Å². The molecule has 0 atom stereocenters. The number of nitrogens with zero attached hydrogens (tertiary/aromatic N) is 1. The summed E-state index contributed by atoms with van der Waals surface area (Å²) in [6.45, 7) is 10.9. The van der Waals surface area contributed by atoms with Crippen molar-refractivity contribution in [3.05, 3.63) is 29.3 Å². The van der Waals surface area contributed by atoms with Crippen LogP contribution in [0.5, 0.6) is 0 Å². The van der Waals surface area contributed by atoms with E-state index in [1.807, 2.05) is 5.32 Å². The molecule has 2 saturated carbocycles. The average Bonchev–Trinajstić information content (AvgIpc) is 2.93. The molecule has 0 aromatic carbocycles. The summed E-state index contributed by atoms with van der Waals surface area (Å²) in [4.78, 5) is 37.0. The van der Waals surface area contributed by atoms with Gasteiger partial charge in [-0.25, -0.2) is 4.39 Å². The monoisotopic (exact) mass is 563 g/mol. The highest BCUT2D eigenvalue weighted by molar-refractivity contribution is 7.99. The predicted molar refractivity (Wildman–Crippen MR) is 158 cm³/mol. The lowest BCUT2D eigenvalue weighted by Gasteiger charge is -2.37. The number of aryl methyl sites for hydroxylation is 1. The second-order valence-corrected chi connectivity index (χ2v) is 13.3. The Morgan fingerprint density at radius 3 is 2.15 bits per heavy atom. The average molecular weight is 564 g/mol. The van der Waals surface area contributed by atoms with Crippen LogP contribution < -0.4 is 10.6 Å². The molecule has 220 valence electrons. The third kappa shape index (κ3) is 12.0. The second-order valence-electron chi connectivity index (χ2n) is 12.1. The van der Waals surface area contributed by atoms with Gasteiger partial charge in [0.1, 0.15) is 5.82 Å². The number of nitrogens with one attached hydrogen (secondary N) is 2. The Kier molecular flexibility index (Phi) is 14.5. The highest BCUT2D eigenvalue weighted by atomic mass is 32.2. The SMILES string of the molecule is CC1CCSCC1.CCC1(C)CCC(C(=O)NC2CCC(C)CC2)CC1.Cc1ncc(F)cc1C(=O)NC=O. The molecular formula is C31H50FN3O3S. The molecule has 4 rings (SSSR count). The molecule has 39 heavy (non-hydrogen) atoms. The van der Waals surface area contributed by atoms with Gasteiger partial charge in [-0.05, 0) is 106 Å². The fraction of sp³-hybridized carbons (Fsp3) is 0.742. The first kappa shape index (κ1) is 33.2. The number of thioether (sulfide) groups is 1. The van der Waals surface area contributed by atoms with Gasteiger partial charge in [0, 0.05) is 12.0 Å². The molecule has 1 aromatic heterocycles. The van der Waals surface area contributed by atoms with Gasteiger partial charge in [-0.15, -0.1) is 0 Å². The zero-order valence-electron chi connectivity index (χ0n) is 24.7. The van der Waals surface area contributed by atoms with Crippen molar-refractivity contribution >= 4 is 30.0 Å². The van der Waals surface area contributed by atoms with Crippen molar-refractivity contribution < 1.29 is 18.8 Å². The number of aromatic nitrogens is 1. The third-order valence-corrected chi connectivity index (χ3v) is 9.83. The van der Waals surface area contributed by atoms with Crippen molar-refractivity contribution in [3.8, 4) is 0 Å². The van der Waals surface area contributed by atoms with Gasteiger partial charge in [-0.3, -0.25) is 24.7 Å². The molecule has 0 spiro atoms. The smallest absolute Gasteiger partial charge is 0.259 e. The summed E-state index contributed by atoms with van der Waals surface area (Å²) in [6, 6.07) is 1.49. The summed E-state index contributed by atoms with van der Waals surface area (Å²) in [6.07, 6.45) is 15.0. The first-order chi connectivity index (χ1) is 18.6. The normalized spacial score (nSPS) is 27.1. The molecule has 3 amide bonds. The van der Waals surface area contributed by atoms with Crippen LogP contribution in [0, 0.1) is 35.9 Å².